The zero-order valence-corrected chi connectivity index (χ0v) is 14.8. The van der Waals surface area contributed by atoms with Gasteiger partial charge in [-0.25, -0.2) is 4.79 Å². The van der Waals surface area contributed by atoms with Crippen LogP contribution in [0.4, 0.5) is 4.79 Å². The molecule has 0 atom stereocenters. The van der Waals surface area contributed by atoms with Gasteiger partial charge in [-0.15, -0.1) is 0 Å². The number of hydrogen-bond donors (Lipinski definition) is 1. The minimum atomic E-state index is -2.38. The number of hydrogen-bond acceptors (Lipinski definition) is 2. The Morgan fingerprint density at radius 2 is 1.08 bits per heavy atom. The molecule has 0 aliphatic rings. The molecule has 0 aliphatic carbocycles. The van der Waals surface area contributed by atoms with Gasteiger partial charge in [-0.2, -0.15) is 0 Å². The van der Waals surface area contributed by atoms with Crippen LogP contribution in [0.3, 0.4) is 0 Å². The van der Waals surface area contributed by atoms with Crippen LogP contribution in [0, 0.1) is 0 Å². The molecule has 3 nitrogen and oxygen atoms in total. The van der Waals surface area contributed by atoms with Gasteiger partial charge in [-0.3, -0.25) is 0 Å². The van der Waals surface area contributed by atoms with Gasteiger partial charge < -0.3 is 9.84 Å². The van der Waals surface area contributed by atoms with Crippen molar-refractivity contribution in [3.8, 4) is 0 Å². The number of carboxylic acid groups (broad SMARTS) is 1. The van der Waals surface area contributed by atoms with Crippen molar-refractivity contribution in [3.63, 3.8) is 0 Å². The van der Waals surface area contributed by atoms with Gasteiger partial charge in [-0.05, 0) is 21.6 Å². The third-order valence-electron chi connectivity index (χ3n) is 4.50. The molecular weight excluding hydrogens is 328 g/mol. The number of ether oxygens (including phenoxy) is 1. The second kappa shape index (κ2) is 7.81. The van der Waals surface area contributed by atoms with Crippen LogP contribution >= 0.6 is 0 Å². The summed E-state index contributed by atoms with van der Waals surface area (Å²) in [5.41, 5.74) is 0. The van der Waals surface area contributed by atoms with E-state index in [9.17, 15) is 4.79 Å². The number of rotatable bonds is 6. The molecule has 0 saturated heterocycles. The van der Waals surface area contributed by atoms with Gasteiger partial charge in [0.2, 0.25) is 0 Å². The molecule has 0 spiro atoms. The van der Waals surface area contributed by atoms with Crippen LogP contribution in [0.1, 0.15) is 0 Å². The second-order valence-corrected chi connectivity index (χ2v) is 9.91. The maximum absolute atomic E-state index is 10.9. The van der Waals surface area contributed by atoms with Crippen molar-refractivity contribution in [1.29, 1.82) is 0 Å². The van der Waals surface area contributed by atoms with Crippen molar-refractivity contribution in [2.75, 3.05) is 6.61 Å². The summed E-state index contributed by atoms with van der Waals surface area (Å²) in [6.07, 6.45) is -1.22. The molecule has 0 fully saturated rings. The number of carbonyl (C=O) groups is 1. The normalized spacial score (nSPS) is 11.0. The van der Waals surface area contributed by atoms with Gasteiger partial charge in [0.15, 0.2) is 8.07 Å². The summed E-state index contributed by atoms with van der Waals surface area (Å²) in [6.45, 7) is 0.181. The van der Waals surface area contributed by atoms with Crippen LogP contribution in [0.5, 0.6) is 0 Å². The molecule has 0 unspecified atom stereocenters. The first-order valence-electron chi connectivity index (χ1n) is 8.26. The Hall–Kier alpha value is -2.85. The first-order chi connectivity index (χ1) is 12.2. The standard InChI is InChI=1S/C21H20O3Si/c22-21(23)24-16-17-25(18-10-4-1-5-11-18,19-12-6-2-7-13-19)20-14-8-3-9-15-20/h1-15H,16-17H2,(H,22,23). The number of benzene rings is 3. The first kappa shape index (κ1) is 17.0. The van der Waals surface area contributed by atoms with Crippen LogP contribution < -0.4 is 15.6 Å². The molecule has 0 heterocycles. The summed E-state index contributed by atoms with van der Waals surface area (Å²) in [5.74, 6) is 0. The van der Waals surface area contributed by atoms with E-state index in [-0.39, 0.29) is 6.61 Å². The van der Waals surface area contributed by atoms with E-state index in [1.165, 1.54) is 15.6 Å². The Labute approximate surface area is 148 Å². The van der Waals surface area contributed by atoms with E-state index in [4.69, 9.17) is 9.84 Å². The predicted octanol–water partition coefficient (Wildman–Crippen LogP) is 2.85. The molecule has 4 heteroatoms. The summed E-state index contributed by atoms with van der Waals surface area (Å²) in [4.78, 5) is 10.9. The summed E-state index contributed by atoms with van der Waals surface area (Å²) < 4.78 is 4.91. The Morgan fingerprint density at radius 3 is 1.40 bits per heavy atom. The zero-order valence-electron chi connectivity index (χ0n) is 13.8. The average Bonchev–Trinajstić information content (AvgIpc) is 2.67. The lowest BCUT2D eigenvalue weighted by Gasteiger charge is -2.33. The molecule has 1 N–H and O–H groups in total. The third kappa shape index (κ3) is 3.64. The van der Waals surface area contributed by atoms with E-state index in [1.807, 2.05) is 54.6 Å². The maximum Gasteiger partial charge on any atom is 0.505 e. The van der Waals surface area contributed by atoms with Gasteiger partial charge in [0.25, 0.3) is 0 Å². The fourth-order valence-electron chi connectivity index (χ4n) is 3.39. The highest BCUT2D eigenvalue weighted by Gasteiger charge is 2.39. The average molecular weight is 348 g/mol. The molecule has 0 bridgehead atoms. The summed E-state index contributed by atoms with van der Waals surface area (Å²) >= 11 is 0. The van der Waals surface area contributed by atoms with Crippen LogP contribution in [0.2, 0.25) is 6.04 Å². The Balaban J connectivity index is 2.18. The van der Waals surface area contributed by atoms with Gasteiger partial charge in [0.1, 0.15) is 0 Å². The molecule has 3 aromatic rings. The largest absolute Gasteiger partial charge is 0.505 e. The minimum Gasteiger partial charge on any atom is -0.450 e. The van der Waals surface area contributed by atoms with Crippen LogP contribution in [-0.4, -0.2) is 25.9 Å². The Bertz CT molecular complexity index is 708. The molecule has 3 aromatic carbocycles. The molecule has 3 rings (SSSR count). The quantitative estimate of drug-likeness (QED) is 0.423. The van der Waals surface area contributed by atoms with Gasteiger partial charge in [0, 0.05) is 0 Å². The van der Waals surface area contributed by atoms with Gasteiger partial charge in [-0.1, -0.05) is 91.0 Å². The maximum atomic E-state index is 10.9. The molecule has 0 saturated carbocycles. The fraction of sp³-hybridized carbons (Fsp3) is 0.0952. The minimum absolute atomic E-state index is 0.181. The Morgan fingerprint density at radius 1 is 0.720 bits per heavy atom. The van der Waals surface area contributed by atoms with Crippen LogP contribution in [-0.2, 0) is 4.74 Å². The topological polar surface area (TPSA) is 46.5 Å². The van der Waals surface area contributed by atoms with Gasteiger partial charge in [0.05, 0.1) is 6.61 Å². The summed E-state index contributed by atoms with van der Waals surface area (Å²) in [6, 6.07) is 31.8. The lowest BCUT2D eigenvalue weighted by atomic mass is 10.3. The highest BCUT2D eigenvalue weighted by Crippen LogP contribution is 2.13. The van der Waals surface area contributed by atoms with Crippen molar-refractivity contribution in [1.82, 2.24) is 0 Å². The lowest BCUT2D eigenvalue weighted by Crippen LogP contribution is -2.67. The van der Waals surface area contributed by atoms with E-state index in [0.717, 1.165) is 0 Å². The van der Waals surface area contributed by atoms with Crippen molar-refractivity contribution < 1.29 is 14.6 Å². The summed E-state index contributed by atoms with van der Waals surface area (Å²) in [5, 5.41) is 12.7. The van der Waals surface area contributed by atoms with Crippen LogP contribution in [0.15, 0.2) is 91.0 Å². The SMILES string of the molecule is O=C(O)OCC[Si](c1ccccc1)(c1ccccc1)c1ccccc1. The third-order valence-corrected chi connectivity index (χ3v) is 9.41. The van der Waals surface area contributed by atoms with Crippen molar-refractivity contribution in [2.24, 2.45) is 0 Å². The van der Waals surface area contributed by atoms with E-state index in [1.54, 1.807) is 0 Å². The fourth-order valence-corrected chi connectivity index (χ4v) is 7.95. The van der Waals surface area contributed by atoms with Crippen molar-refractivity contribution in [3.05, 3.63) is 91.0 Å². The lowest BCUT2D eigenvalue weighted by molar-refractivity contribution is 0.0964. The van der Waals surface area contributed by atoms with E-state index >= 15 is 0 Å². The molecular formula is C21H20O3Si. The molecule has 0 amide bonds. The Kier molecular flexibility index (Phi) is 5.31. The zero-order chi connectivity index (χ0) is 17.5. The first-order valence-corrected chi connectivity index (χ1v) is 10.5. The molecule has 126 valence electrons. The highest BCUT2D eigenvalue weighted by atomic mass is 28.3. The van der Waals surface area contributed by atoms with E-state index < -0.39 is 14.2 Å². The molecule has 0 aromatic heterocycles. The molecule has 25 heavy (non-hydrogen) atoms. The molecule has 0 radical (unpaired) electrons. The van der Waals surface area contributed by atoms with E-state index in [0.29, 0.717) is 6.04 Å². The summed E-state index contributed by atoms with van der Waals surface area (Å²) in [7, 11) is -2.38. The van der Waals surface area contributed by atoms with Gasteiger partial charge >= 0.3 is 6.16 Å². The van der Waals surface area contributed by atoms with Crippen molar-refractivity contribution >= 4 is 29.8 Å². The predicted molar refractivity (Wildman–Crippen MR) is 103 cm³/mol. The van der Waals surface area contributed by atoms with E-state index in [2.05, 4.69) is 36.4 Å². The van der Waals surface area contributed by atoms with Crippen LogP contribution in [0.25, 0.3) is 0 Å². The van der Waals surface area contributed by atoms with Crippen molar-refractivity contribution in [2.45, 2.75) is 6.04 Å². The monoisotopic (exact) mass is 348 g/mol. The molecule has 0 aliphatic heterocycles. The highest BCUT2D eigenvalue weighted by molar-refractivity contribution is 7.11. The second-order valence-electron chi connectivity index (χ2n) is 5.87. The smallest absolute Gasteiger partial charge is 0.450 e.